The first-order valence-corrected chi connectivity index (χ1v) is 10.5. The molecule has 7 nitrogen and oxygen atoms in total. The molecule has 34 heavy (non-hydrogen) atoms. The predicted molar refractivity (Wildman–Crippen MR) is 118 cm³/mol. The van der Waals surface area contributed by atoms with E-state index in [1.807, 2.05) is 5.32 Å². The molecule has 0 saturated carbocycles. The molecule has 176 valence electrons. The van der Waals surface area contributed by atoms with Gasteiger partial charge in [-0.25, -0.2) is 22.5 Å². The molecule has 2 aromatic carbocycles. The Hall–Kier alpha value is -4.06. The Balaban J connectivity index is 1.59. The maximum absolute atomic E-state index is 14.1. The Morgan fingerprint density at radius 1 is 1.03 bits per heavy atom. The number of hydrogen-bond acceptors (Lipinski definition) is 5. The number of benzene rings is 2. The molecule has 0 radical (unpaired) electrons. The van der Waals surface area contributed by atoms with Crippen LogP contribution in [0.3, 0.4) is 0 Å². The summed E-state index contributed by atoms with van der Waals surface area (Å²) in [7, 11) is 0. The minimum Gasteiger partial charge on any atom is -0.343 e. The van der Waals surface area contributed by atoms with Gasteiger partial charge in [0, 0.05) is 18.4 Å². The van der Waals surface area contributed by atoms with E-state index < -0.39 is 53.2 Å². The number of anilines is 3. The average Bonchev–Trinajstić information content (AvgIpc) is 3.26. The number of aromatic nitrogens is 1. The van der Waals surface area contributed by atoms with Crippen LogP contribution in [-0.2, 0) is 14.4 Å². The lowest BCUT2D eigenvalue weighted by molar-refractivity contribution is -0.121. The summed E-state index contributed by atoms with van der Waals surface area (Å²) in [5, 5.41) is 5.97. The lowest BCUT2D eigenvalue weighted by Gasteiger charge is -2.18. The smallest absolute Gasteiger partial charge is 0.244 e. The summed E-state index contributed by atoms with van der Waals surface area (Å²) in [6, 6.07) is 7.19. The van der Waals surface area contributed by atoms with Crippen molar-refractivity contribution in [3.8, 4) is 0 Å². The second kappa shape index (κ2) is 10.7. The molecule has 3 aromatic rings. The van der Waals surface area contributed by atoms with Crippen molar-refractivity contribution in [2.24, 2.45) is 0 Å². The van der Waals surface area contributed by atoms with Crippen molar-refractivity contribution in [2.45, 2.75) is 6.92 Å². The van der Waals surface area contributed by atoms with E-state index in [9.17, 15) is 31.9 Å². The van der Waals surface area contributed by atoms with Gasteiger partial charge in [-0.2, -0.15) is 0 Å². The summed E-state index contributed by atoms with van der Waals surface area (Å²) < 4.78 is 53.8. The molecule has 3 rings (SSSR count). The van der Waals surface area contributed by atoms with Crippen LogP contribution in [0.1, 0.15) is 12.6 Å². The highest BCUT2D eigenvalue weighted by Gasteiger charge is 2.20. The first-order chi connectivity index (χ1) is 16.2. The second-order valence-corrected chi connectivity index (χ2v) is 7.52. The third-order valence-electron chi connectivity index (χ3n) is 4.25. The predicted octanol–water partition coefficient (Wildman–Crippen LogP) is 4.15. The van der Waals surface area contributed by atoms with Crippen molar-refractivity contribution in [2.75, 3.05) is 16.8 Å². The summed E-state index contributed by atoms with van der Waals surface area (Å²) in [5.41, 5.74) is -0.249. The van der Waals surface area contributed by atoms with Crippen LogP contribution in [0.15, 0.2) is 47.9 Å². The topological polar surface area (TPSA) is 91.4 Å². The Kier molecular flexibility index (Phi) is 7.74. The van der Waals surface area contributed by atoms with Gasteiger partial charge in [0.15, 0.2) is 22.6 Å². The van der Waals surface area contributed by atoms with Crippen LogP contribution in [0.25, 0.3) is 6.08 Å². The molecular formula is C22H16F4N4O3S. The van der Waals surface area contributed by atoms with Gasteiger partial charge >= 0.3 is 0 Å². The van der Waals surface area contributed by atoms with Crippen LogP contribution in [-0.4, -0.2) is 29.3 Å². The molecule has 3 amide bonds. The van der Waals surface area contributed by atoms with Gasteiger partial charge in [0.2, 0.25) is 17.7 Å². The molecule has 1 heterocycles. The third kappa shape index (κ3) is 5.84. The Morgan fingerprint density at radius 3 is 2.47 bits per heavy atom. The van der Waals surface area contributed by atoms with Crippen LogP contribution in [0.5, 0.6) is 0 Å². The molecule has 0 aliphatic heterocycles. The molecule has 0 atom stereocenters. The monoisotopic (exact) mass is 492 g/mol. The number of carbonyl (C=O) groups is 3. The zero-order chi connectivity index (χ0) is 24.8. The van der Waals surface area contributed by atoms with Gasteiger partial charge in [0.1, 0.15) is 5.82 Å². The largest absolute Gasteiger partial charge is 0.343 e. The van der Waals surface area contributed by atoms with Crippen molar-refractivity contribution >= 4 is 51.6 Å². The summed E-state index contributed by atoms with van der Waals surface area (Å²) >= 11 is 1.05. The molecular weight excluding hydrogens is 476 g/mol. The van der Waals surface area contributed by atoms with Gasteiger partial charge in [-0.05, 0) is 30.3 Å². The highest BCUT2D eigenvalue weighted by atomic mass is 32.1. The fraction of sp³-hybridized carbons (Fsp3) is 0.0909. The van der Waals surface area contributed by atoms with E-state index in [1.54, 1.807) is 6.07 Å². The molecule has 0 fully saturated rings. The van der Waals surface area contributed by atoms with Gasteiger partial charge in [0.05, 0.1) is 23.6 Å². The maximum atomic E-state index is 14.1. The zero-order valence-electron chi connectivity index (χ0n) is 17.4. The van der Waals surface area contributed by atoms with Gasteiger partial charge < -0.3 is 10.6 Å². The molecule has 2 N–H and O–H groups in total. The summed E-state index contributed by atoms with van der Waals surface area (Å²) in [6.45, 7) is 0.684. The molecule has 1 aromatic heterocycles. The molecule has 12 heteroatoms. The van der Waals surface area contributed by atoms with E-state index in [1.165, 1.54) is 36.6 Å². The quantitative estimate of drug-likeness (QED) is 0.295. The van der Waals surface area contributed by atoms with E-state index in [4.69, 9.17) is 0 Å². The number of para-hydroxylation sites is 1. The van der Waals surface area contributed by atoms with Crippen molar-refractivity contribution in [3.05, 3.63) is 76.8 Å². The van der Waals surface area contributed by atoms with Gasteiger partial charge in [-0.1, -0.05) is 12.1 Å². The SMILES string of the molecule is CC(=O)N(c1nc(/C=C/C(=O)NCC(=O)Nc2ccc(F)c(F)c2F)cs1)c1ccccc1F. The van der Waals surface area contributed by atoms with Gasteiger partial charge in [0.25, 0.3) is 0 Å². The summed E-state index contributed by atoms with van der Waals surface area (Å²) in [6.07, 6.45) is 2.37. The normalized spacial score (nSPS) is 10.9. The Morgan fingerprint density at radius 2 is 1.76 bits per heavy atom. The van der Waals surface area contributed by atoms with Crippen molar-refractivity contribution < 1.29 is 31.9 Å². The third-order valence-corrected chi connectivity index (χ3v) is 5.09. The van der Waals surface area contributed by atoms with E-state index in [0.717, 1.165) is 28.4 Å². The molecule has 0 bridgehead atoms. The summed E-state index contributed by atoms with van der Waals surface area (Å²) in [4.78, 5) is 41.1. The standard InChI is InChI=1S/C22H16F4N4O3S/c1-12(31)30(17-5-3-2-4-14(17)23)22-28-13(11-34-22)6-9-18(32)27-10-19(33)29-16-8-7-15(24)20(25)21(16)26/h2-9,11H,10H2,1H3,(H,27,32)(H,29,33)/b9-6+. The lowest BCUT2D eigenvalue weighted by Crippen LogP contribution is -2.32. The molecule has 0 aliphatic carbocycles. The highest BCUT2D eigenvalue weighted by Crippen LogP contribution is 2.31. The highest BCUT2D eigenvalue weighted by molar-refractivity contribution is 7.14. The van der Waals surface area contributed by atoms with E-state index in [2.05, 4.69) is 10.3 Å². The van der Waals surface area contributed by atoms with Gasteiger partial charge in [-0.15, -0.1) is 11.3 Å². The van der Waals surface area contributed by atoms with Crippen LogP contribution in [0, 0.1) is 23.3 Å². The number of halogens is 4. The van der Waals surface area contributed by atoms with Gasteiger partial charge in [-0.3, -0.25) is 19.3 Å². The number of carbonyl (C=O) groups excluding carboxylic acids is 3. The zero-order valence-corrected chi connectivity index (χ0v) is 18.3. The maximum Gasteiger partial charge on any atom is 0.244 e. The van der Waals surface area contributed by atoms with Crippen LogP contribution >= 0.6 is 11.3 Å². The summed E-state index contributed by atoms with van der Waals surface area (Å²) in [5.74, 6) is -7.33. The Labute approximate surface area is 194 Å². The average molecular weight is 492 g/mol. The Bertz CT molecular complexity index is 1280. The number of thiazole rings is 1. The number of nitrogens with one attached hydrogen (secondary N) is 2. The van der Waals surface area contributed by atoms with Crippen molar-refractivity contribution in [1.82, 2.24) is 10.3 Å². The first-order valence-electron chi connectivity index (χ1n) is 9.57. The lowest BCUT2D eigenvalue weighted by atomic mass is 10.2. The van der Waals surface area contributed by atoms with Crippen molar-refractivity contribution in [3.63, 3.8) is 0 Å². The molecule has 0 unspecified atom stereocenters. The van der Waals surface area contributed by atoms with Crippen LogP contribution in [0.2, 0.25) is 0 Å². The number of nitrogens with zero attached hydrogens (tertiary/aromatic N) is 2. The first kappa shape index (κ1) is 24.6. The van der Waals surface area contributed by atoms with E-state index >= 15 is 0 Å². The fourth-order valence-electron chi connectivity index (χ4n) is 2.70. The number of amides is 3. The van der Waals surface area contributed by atoms with Crippen molar-refractivity contribution in [1.29, 1.82) is 0 Å². The number of hydrogen-bond donors (Lipinski definition) is 2. The minimum absolute atomic E-state index is 0.0288. The van der Waals surface area contributed by atoms with E-state index in [0.29, 0.717) is 11.8 Å². The van der Waals surface area contributed by atoms with Crippen LogP contribution < -0.4 is 15.5 Å². The van der Waals surface area contributed by atoms with E-state index in [-0.39, 0.29) is 10.8 Å². The molecule has 0 saturated heterocycles. The van der Waals surface area contributed by atoms with Crippen LogP contribution in [0.4, 0.5) is 34.1 Å². The second-order valence-electron chi connectivity index (χ2n) is 6.68. The molecule has 0 spiro atoms. The molecule has 0 aliphatic rings. The minimum atomic E-state index is -1.73. The fourth-order valence-corrected chi connectivity index (χ4v) is 3.55. The number of rotatable bonds is 7.